The zero-order chi connectivity index (χ0) is 20.1. The molecule has 3 rings (SSSR count). The molecule has 0 unspecified atom stereocenters. The summed E-state index contributed by atoms with van der Waals surface area (Å²) in [7, 11) is 5.85. The molecule has 0 aromatic heterocycles. The van der Waals surface area contributed by atoms with E-state index in [0.717, 1.165) is 11.1 Å². The summed E-state index contributed by atoms with van der Waals surface area (Å²) in [5.74, 6) is -0.435. The highest BCUT2D eigenvalue weighted by Crippen LogP contribution is 2.18. The number of amides is 2. The molecule has 0 spiro atoms. The molecule has 6 heteroatoms. The first-order valence-corrected chi connectivity index (χ1v) is 8.84. The van der Waals surface area contributed by atoms with E-state index in [4.69, 9.17) is 13.6 Å². The van der Waals surface area contributed by atoms with Gasteiger partial charge >= 0.3 is 0 Å². The smallest absolute Gasteiger partial charge is 0.255 e. The van der Waals surface area contributed by atoms with E-state index in [2.05, 4.69) is 10.6 Å². The van der Waals surface area contributed by atoms with Crippen molar-refractivity contribution >= 4 is 36.5 Å². The third kappa shape index (κ3) is 4.41. The van der Waals surface area contributed by atoms with Gasteiger partial charge in [-0.25, -0.2) is 0 Å². The second-order valence-electron chi connectivity index (χ2n) is 6.44. The number of anilines is 2. The van der Waals surface area contributed by atoms with Gasteiger partial charge in [-0.15, -0.1) is 0 Å². The number of hydrogen-bond acceptors (Lipinski definition) is 3. The van der Waals surface area contributed by atoms with E-state index in [0.29, 0.717) is 34.5 Å². The van der Waals surface area contributed by atoms with Crippen LogP contribution in [0.25, 0.3) is 0 Å². The molecule has 3 aromatic carbocycles. The van der Waals surface area contributed by atoms with E-state index in [1.807, 2.05) is 6.92 Å². The summed E-state index contributed by atoms with van der Waals surface area (Å²) >= 11 is 0. The minimum absolute atomic E-state index is 0.189. The number of carbonyl (C=O) groups excluding carboxylic acids is 2. The van der Waals surface area contributed by atoms with E-state index in [-0.39, 0.29) is 11.8 Å². The average Bonchev–Trinajstić information content (AvgIpc) is 2.70. The number of carbonyl (C=O) groups is 2. The summed E-state index contributed by atoms with van der Waals surface area (Å²) in [6.07, 6.45) is 0. The van der Waals surface area contributed by atoms with Crippen molar-refractivity contribution in [1.82, 2.24) is 5.32 Å². The third-order valence-corrected chi connectivity index (χ3v) is 4.50. The van der Waals surface area contributed by atoms with Crippen LogP contribution in [0, 0.1) is 6.92 Å². The van der Waals surface area contributed by atoms with Crippen molar-refractivity contribution in [2.45, 2.75) is 13.5 Å². The van der Waals surface area contributed by atoms with Crippen molar-refractivity contribution in [3.8, 4) is 0 Å². The molecule has 0 saturated heterocycles. The topological polar surface area (TPSA) is 84.2 Å². The molecule has 0 aliphatic rings. The van der Waals surface area contributed by atoms with Crippen LogP contribution >= 0.6 is 0 Å². The summed E-state index contributed by atoms with van der Waals surface area (Å²) < 4.78 is 0. The summed E-state index contributed by atoms with van der Waals surface area (Å²) in [5.41, 5.74) is 10.2. The first-order valence-electron chi connectivity index (χ1n) is 8.84. The van der Waals surface area contributed by atoms with Crippen molar-refractivity contribution in [2.75, 3.05) is 11.1 Å². The molecule has 0 aliphatic heterocycles. The number of nitrogens with two attached hydrogens (primary N) is 1. The minimum atomic E-state index is -0.246. The second-order valence-corrected chi connectivity index (χ2v) is 6.44. The molecule has 0 aliphatic carbocycles. The minimum Gasteiger partial charge on any atom is -0.397 e. The number of hydrogen-bond donors (Lipinski definition) is 3. The van der Waals surface area contributed by atoms with Gasteiger partial charge in [-0.3, -0.25) is 9.59 Å². The number of rotatable bonds is 5. The van der Waals surface area contributed by atoms with Crippen LogP contribution < -0.4 is 21.8 Å². The van der Waals surface area contributed by atoms with Gasteiger partial charge in [0.1, 0.15) is 7.85 Å². The monoisotopic (exact) mass is 369 g/mol. The molecule has 0 bridgehead atoms. The summed E-state index contributed by atoms with van der Waals surface area (Å²) in [5, 5.41) is 5.65. The molecule has 0 saturated carbocycles. The van der Waals surface area contributed by atoms with Crippen molar-refractivity contribution < 1.29 is 9.59 Å². The van der Waals surface area contributed by atoms with Gasteiger partial charge in [-0.05, 0) is 48.4 Å². The van der Waals surface area contributed by atoms with Gasteiger partial charge in [-0.2, -0.15) is 0 Å². The van der Waals surface area contributed by atoms with Gasteiger partial charge in [0.05, 0.1) is 11.4 Å². The third-order valence-electron chi connectivity index (χ3n) is 4.50. The maximum Gasteiger partial charge on any atom is 0.255 e. The maximum absolute atomic E-state index is 12.4. The Labute approximate surface area is 165 Å². The van der Waals surface area contributed by atoms with Crippen LogP contribution in [0.15, 0.2) is 66.7 Å². The molecule has 2 radical (unpaired) electrons. The first kappa shape index (κ1) is 19.2. The van der Waals surface area contributed by atoms with Crippen molar-refractivity contribution in [1.29, 1.82) is 0 Å². The zero-order valence-electron chi connectivity index (χ0n) is 15.5. The Morgan fingerprint density at radius 2 is 1.64 bits per heavy atom. The number of nitrogen functional groups attached to an aromatic ring is 1. The SMILES string of the molecule is [B]c1cccc(C(=O)NCc2ccc(C(=O)Nc3ccccc3N)cc2)c1C. The highest BCUT2D eigenvalue weighted by Gasteiger charge is 2.11. The van der Waals surface area contributed by atoms with Gasteiger partial charge in [0.15, 0.2) is 0 Å². The maximum atomic E-state index is 12.4. The van der Waals surface area contributed by atoms with E-state index in [1.54, 1.807) is 66.7 Å². The Bertz CT molecular complexity index is 1020. The van der Waals surface area contributed by atoms with Crippen LogP contribution in [0.1, 0.15) is 31.8 Å². The van der Waals surface area contributed by atoms with E-state index < -0.39 is 0 Å². The molecule has 0 fully saturated rings. The van der Waals surface area contributed by atoms with Gasteiger partial charge in [0.25, 0.3) is 11.8 Å². The molecular weight excluding hydrogens is 349 g/mol. The molecule has 0 atom stereocenters. The van der Waals surface area contributed by atoms with Crippen LogP contribution in [-0.2, 0) is 6.54 Å². The molecular formula is C22H20BN3O2. The predicted molar refractivity (Wildman–Crippen MR) is 113 cm³/mol. The molecule has 4 N–H and O–H groups in total. The van der Waals surface area contributed by atoms with E-state index in [1.165, 1.54) is 0 Å². The Hall–Kier alpha value is -3.54. The highest BCUT2D eigenvalue weighted by molar-refractivity contribution is 6.33. The normalized spacial score (nSPS) is 10.3. The summed E-state index contributed by atoms with van der Waals surface area (Å²) in [6.45, 7) is 2.16. The lowest BCUT2D eigenvalue weighted by molar-refractivity contribution is 0.0949. The van der Waals surface area contributed by atoms with Gasteiger partial charge in [0.2, 0.25) is 0 Å². The number of nitrogens with one attached hydrogen (secondary N) is 2. The fourth-order valence-electron chi connectivity index (χ4n) is 2.76. The largest absolute Gasteiger partial charge is 0.397 e. The van der Waals surface area contributed by atoms with Crippen molar-refractivity contribution in [3.05, 3.63) is 89.0 Å². The fraction of sp³-hybridized carbons (Fsp3) is 0.0909. The number of benzene rings is 3. The molecule has 3 aromatic rings. The average molecular weight is 369 g/mol. The van der Waals surface area contributed by atoms with Crippen LogP contribution in [0.5, 0.6) is 0 Å². The quantitative estimate of drug-likeness (QED) is 0.477. The lowest BCUT2D eigenvalue weighted by Crippen LogP contribution is -2.25. The lowest BCUT2D eigenvalue weighted by Gasteiger charge is -2.11. The fourth-order valence-corrected chi connectivity index (χ4v) is 2.76. The van der Waals surface area contributed by atoms with Gasteiger partial charge in [-0.1, -0.05) is 41.9 Å². The summed E-state index contributed by atoms with van der Waals surface area (Å²) in [6, 6.07) is 19.4. The second kappa shape index (κ2) is 8.44. The Morgan fingerprint density at radius 3 is 2.36 bits per heavy atom. The van der Waals surface area contributed by atoms with Crippen LogP contribution in [-0.4, -0.2) is 19.7 Å². The summed E-state index contributed by atoms with van der Waals surface area (Å²) in [4.78, 5) is 24.7. The Morgan fingerprint density at radius 1 is 0.929 bits per heavy atom. The molecule has 2 amide bonds. The van der Waals surface area contributed by atoms with Crippen molar-refractivity contribution in [3.63, 3.8) is 0 Å². The zero-order valence-corrected chi connectivity index (χ0v) is 15.5. The number of para-hydroxylation sites is 2. The Kier molecular flexibility index (Phi) is 5.80. The first-order chi connectivity index (χ1) is 13.5. The van der Waals surface area contributed by atoms with Crippen LogP contribution in [0.2, 0.25) is 0 Å². The predicted octanol–water partition coefficient (Wildman–Crippen LogP) is 2.55. The van der Waals surface area contributed by atoms with Crippen LogP contribution in [0.4, 0.5) is 11.4 Å². The molecule has 28 heavy (non-hydrogen) atoms. The highest BCUT2D eigenvalue weighted by atomic mass is 16.2. The molecule has 138 valence electrons. The standard InChI is InChI=1S/C22H20BN3O2/c1-14-17(5-4-6-18(14)23)22(28)25-13-15-9-11-16(12-10-15)21(27)26-20-8-3-2-7-19(20)24/h2-12H,13,24H2,1H3,(H,25,28)(H,26,27). The van der Waals surface area contributed by atoms with Gasteiger partial charge in [0, 0.05) is 17.7 Å². The molecule has 5 nitrogen and oxygen atoms in total. The van der Waals surface area contributed by atoms with Crippen molar-refractivity contribution in [2.24, 2.45) is 0 Å². The van der Waals surface area contributed by atoms with E-state index in [9.17, 15) is 9.59 Å². The lowest BCUT2D eigenvalue weighted by atomic mass is 9.88. The Balaban J connectivity index is 1.61. The van der Waals surface area contributed by atoms with E-state index >= 15 is 0 Å². The van der Waals surface area contributed by atoms with Gasteiger partial charge < -0.3 is 16.4 Å². The van der Waals surface area contributed by atoms with Crippen LogP contribution in [0.3, 0.4) is 0 Å². The molecule has 0 heterocycles.